The van der Waals surface area contributed by atoms with Crippen molar-refractivity contribution in [1.82, 2.24) is 14.4 Å². The summed E-state index contributed by atoms with van der Waals surface area (Å²) in [6.07, 6.45) is 0. The van der Waals surface area contributed by atoms with Crippen molar-refractivity contribution >= 4 is 22.6 Å². The fraction of sp³-hybridized carbons (Fsp3) is 0.200. The van der Waals surface area contributed by atoms with E-state index in [1.165, 1.54) is 0 Å². The molecule has 212 valence electrons. The Labute approximate surface area is 245 Å². The van der Waals surface area contributed by atoms with Gasteiger partial charge in [0.2, 0.25) is 0 Å². The normalized spacial score (nSPS) is 13.3. The van der Waals surface area contributed by atoms with Crippen molar-refractivity contribution in [2.75, 3.05) is 40.4 Å². The highest BCUT2D eigenvalue weighted by molar-refractivity contribution is 6.00. The zero-order chi connectivity index (χ0) is 29.2. The molecule has 6 rings (SSSR count). The van der Waals surface area contributed by atoms with E-state index < -0.39 is 0 Å². The first-order valence-corrected chi connectivity index (χ1v) is 14.1. The lowest BCUT2D eigenvalue weighted by Crippen LogP contribution is -2.50. The first-order chi connectivity index (χ1) is 20.5. The molecule has 0 aliphatic carbocycles. The molecule has 0 radical (unpaired) electrons. The number of aromatic nitrogens is 1. The van der Waals surface area contributed by atoms with Gasteiger partial charge in [-0.2, -0.15) is 0 Å². The van der Waals surface area contributed by atoms with Crippen molar-refractivity contribution in [3.63, 3.8) is 0 Å². The van der Waals surface area contributed by atoms with Gasteiger partial charge in [-0.05, 0) is 53.6 Å². The number of carbonyl (C=O) groups excluding carboxylic acids is 2. The fourth-order valence-electron chi connectivity index (χ4n) is 5.73. The Morgan fingerprint density at radius 2 is 1.29 bits per heavy atom. The predicted molar refractivity (Wildman–Crippen MR) is 165 cm³/mol. The number of nitrogens with zero attached hydrogens (tertiary/aromatic N) is 3. The monoisotopic (exact) mass is 559 g/mol. The van der Waals surface area contributed by atoms with Crippen LogP contribution in [0.4, 0.5) is 0 Å². The number of piperazine rings is 1. The molecule has 1 aliphatic rings. The van der Waals surface area contributed by atoms with Crippen LogP contribution < -0.4 is 9.47 Å². The Morgan fingerprint density at radius 1 is 0.643 bits per heavy atom. The standard InChI is InChI=1S/C35H33N3O4/c1-24-30(23-31(26-10-5-4-6-11-26)38(24)29-15-16-32(41-2)33(22-29)42-3)35(40)37-19-17-36(18-20-37)34(39)28-14-13-25-9-7-8-12-27(25)21-28/h4-16,21-23H,17-20H2,1-3H3. The van der Waals surface area contributed by atoms with E-state index in [1.54, 1.807) is 14.2 Å². The van der Waals surface area contributed by atoms with E-state index in [1.807, 2.05) is 114 Å². The fourth-order valence-corrected chi connectivity index (χ4v) is 5.73. The third-order valence-electron chi connectivity index (χ3n) is 8.02. The van der Waals surface area contributed by atoms with Crippen LogP contribution in [0.5, 0.6) is 11.5 Å². The molecule has 0 bridgehead atoms. The minimum Gasteiger partial charge on any atom is -0.493 e. The largest absolute Gasteiger partial charge is 0.493 e. The van der Waals surface area contributed by atoms with Crippen molar-refractivity contribution < 1.29 is 19.1 Å². The number of carbonyl (C=O) groups is 2. The van der Waals surface area contributed by atoms with E-state index in [-0.39, 0.29) is 11.8 Å². The molecule has 7 nitrogen and oxygen atoms in total. The summed E-state index contributed by atoms with van der Waals surface area (Å²) in [5.41, 5.74) is 4.92. The number of ether oxygens (including phenoxy) is 2. The SMILES string of the molecule is COc1ccc(-n2c(-c3ccccc3)cc(C(=O)N3CCN(C(=O)c4ccc5ccccc5c4)CC3)c2C)cc1OC. The summed E-state index contributed by atoms with van der Waals surface area (Å²) in [6, 6.07) is 31.6. The lowest BCUT2D eigenvalue weighted by atomic mass is 10.1. The van der Waals surface area contributed by atoms with Crippen LogP contribution in [-0.2, 0) is 0 Å². The minimum absolute atomic E-state index is 0.00463. The molecule has 1 aromatic heterocycles. The average Bonchev–Trinajstić information content (AvgIpc) is 3.40. The highest BCUT2D eigenvalue weighted by Crippen LogP contribution is 2.35. The number of methoxy groups -OCH3 is 2. The van der Waals surface area contributed by atoms with Crippen molar-refractivity contribution in [3.05, 3.63) is 114 Å². The zero-order valence-electron chi connectivity index (χ0n) is 24.0. The van der Waals surface area contributed by atoms with Gasteiger partial charge in [-0.3, -0.25) is 9.59 Å². The van der Waals surface area contributed by atoms with Crippen LogP contribution in [0.3, 0.4) is 0 Å². The molecule has 0 unspecified atom stereocenters. The van der Waals surface area contributed by atoms with Crippen molar-refractivity contribution in [2.45, 2.75) is 6.92 Å². The minimum atomic E-state index is -0.0401. The second-order valence-corrected chi connectivity index (χ2v) is 10.4. The molecule has 5 aromatic rings. The van der Waals surface area contributed by atoms with E-state index in [2.05, 4.69) is 4.57 Å². The lowest BCUT2D eigenvalue weighted by molar-refractivity contribution is 0.0535. The summed E-state index contributed by atoms with van der Waals surface area (Å²) in [7, 11) is 3.22. The molecule has 0 saturated carbocycles. The smallest absolute Gasteiger partial charge is 0.255 e. The molecule has 2 heterocycles. The van der Waals surface area contributed by atoms with Crippen molar-refractivity contribution in [3.8, 4) is 28.4 Å². The molecule has 1 saturated heterocycles. The van der Waals surface area contributed by atoms with Gasteiger partial charge in [0.05, 0.1) is 25.5 Å². The van der Waals surface area contributed by atoms with Crippen molar-refractivity contribution in [1.29, 1.82) is 0 Å². The van der Waals surface area contributed by atoms with Gasteiger partial charge in [-0.25, -0.2) is 0 Å². The summed E-state index contributed by atoms with van der Waals surface area (Å²) in [5, 5.41) is 2.15. The van der Waals surface area contributed by atoms with Crippen LogP contribution in [-0.4, -0.2) is 66.6 Å². The van der Waals surface area contributed by atoms with Crippen LogP contribution in [0.2, 0.25) is 0 Å². The predicted octanol–water partition coefficient (Wildman–Crippen LogP) is 6.22. The number of amides is 2. The Hall–Kier alpha value is -5.04. The average molecular weight is 560 g/mol. The third-order valence-corrected chi connectivity index (χ3v) is 8.02. The molecule has 0 spiro atoms. The van der Waals surface area contributed by atoms with Crippen LogP contribution in [0.1, 0.15) is 26.4 Å². The molecule has 1 fully saturated rings. The number of benzene rings is 4. The maximum atomic E-state index is 13.9. The van der Waals surface area contributed by atoms with Gasteiger partial charge in [-0.1, -0.05) is 60.7 Å². The number of hydrogen-bond donors (Lipinski definition) is 0. The first kappa shape index (κ1) is 27.1. The topological polar surface area (TPSA) is 64.0 Å². The third kappa shape index (κ3) is 4.98. The molecule has 2 amide bonds. The molecule has 4 aromatic carbocycles. The van der Waals surface area contributed by atoms with Gasteiger partial charge in [0.1, 0.15) is 0 Å². The molecule has 7 heteroatoms. The van der Waals surface area contributed by atoms with Crippen LogP contribution >= 0.6 is 0 Å². The van der Waals surface area contributed by atoms with Crippen LogP contribution in [0, 0.1) is 6.92 Å². The van der Waals surface area contributed by atoms with E-state index >= 15 is 0 Å². The molecule has 42 heavy (non-hydrogen) atoms. The Kier molecular flexibility index (Phi) is 7.40. The summed E-state index contributed by atoms with van der Waals surface area (Å²) < 4.78 is 13.1. The molecular formula is C35H33N3O4. The van der Waals surface area contributed by atoms with E-state index in [0.29, 0.717) is 48.8 Å². The van der Waals surface area contributed by atoms with E-state index in [0.717, 1.165) is 33.4 Å². The first-order valence-electron chi connectivity index (χ1n) is 14.1. The second kappa shape index (κ2) is 11.4. The number of hydrogen-bond acceptors (Lipinski definition) is 4. The quantitative estimate of drug-likeness (QED) is 0.248. The van der Waals surface area contributed by atoms with Crippen LogP contribution in [0.25, 0.3) is 27.7 Å². The summed E-state index contributed by atoms with van der Waals surface area (Å²) in [5.74, 6) is 1.21. The Balaban J connectivity index is 1.26. The molecule has 1 aliphatic heterocycles. The van der Waals surface area contributed by atoms with Crippen molar-refractivity contribution in [2.24, 2.45) is 0 Å². The van der Waals surface area contributed by atoms with Gasteiger partial charge in [0.25, 0.3) is 11.8 Å². The summed E-state index contributed by atoms with van der Waals surface area (Å²) in [4.78, 5) is 30.9. The van der Waals surface area contributed by atoms with E-state index in [4.69, 9.17) is 9.47 Å². The van der Waals surface area contributed by atoms with Gasteiger partial charge in [-0.15, -0.1) is 0 Å². The van der Waals surface area contributed by atoms with Gasteiger partial charge < -0.3 is 23.8 Å². The van der Waals surface area contributed by atoms with Gasteiger partial charge in [0.15, 0.2) is 11.5 Å². The molecule has 0 atom stereocenters. The maximum absolute atomic E-state index is 13.9. The highest BCUT2D eigenvalue weighted by Gasteiger charge is 2.29. The highest BCUT2D eigenvalue weighted by atomic mass is 16.5. The molecule has 0 N–H and O–H groups in total. The summed E-state index contributed by atoms with van der Waals surface area (Å²) >= 11 is 0. The number of fused-ring (bicyclic) bond motifs is 1. The zero-order valence-corrected chi connectivity index (χ0v) is 24.0. The summed E-state index contributed by atoms with van der Waals surface area (Å²) in [6.45, 7) is 3.88. The lowest BCUT2D eigenvalue weighted by Gasteiger charge is -2.35. The Bertz CT molecular complexity index is 1770. The maximum Gasteiger partial charge on any atom is 0.255 e. The second-order valence-electron chi connectivity index (χ2n) is 10.4. The van der Waals surface area contributed by atoms with Gasteiger partial charge in [0, 0.05) is 49.2 Å². The van der Waals surface area contributed by atoms with Gasteiger partial charge >= 0.3 is 0 Å². The molecular weight excluding hydrogens is 526 g/mol. The Morgan fingerprint density at radius 3 is 1.98 bits per heavy atom. The van der Waals surface area contributed by atoms with Crippen LogP contribution in [0.15, 0.2) is 97.1 Å². The number of rotatable bonds is 6. The van der Waals surface area contributed by atoms with E-state index in [9.17, 15) is 9.59 Å².